The monoisotopic (exact) mass is 250 g/mol. The van der Waals surface area contributed by atoms with Crippen LogP contribution in [0.3, 0.4) is 0 Å². The van der Waals surface area contributed by atoms with E-state index in [1.54, 1.807) is 0 Å². The molecule has 2 N–H and O–H groups in total. The van der Waals surface area contributed by atoms with Gasteiger partial charge in [-0.05, 0) is 63.2 Å². The molecule has 0 aliphatic heterocycles. The second-order valence-electron chi connectivity index (χ2n) is 4.56. The molecule has 1 aliphatic carbocycles. The predicted molar refractivity (Wildman–Crippen MR) is 74.6 cm³/mol. The van der Waals surface area contributed by atoms with Gasteiger partial charge < -0.3 is 15.4 Å². The Bertz CT molecular complexity index is 385. The SMILES string of the molecule is CC(C)Oc1ccc(NC(=S)NC2CC2)cc1. The lowest BCUT2D eigenvalue weighted by Crippen LogP contribution is -2.30. The number of hydrogen-bond donors (Lipinski definition) is 2. The van der Waals surface area contributed by atoms with Crippen molar-refractivity contribution in [1.82, 2.24) is 5.32 Å². The van der Waals surface area contributed by atoms with E-state index in [1.165, 1.54) is 12.8 Å². The van der Waals surface area contributed by atoms with E-state index < -0.39 is 0 Å². The molecule has 0 radical (unpaired) electrons. The van der Waals surface area contributed by atoms with Gasteiger partial charge in [0, 0.05) is 11.7 Å². The Morgan fingerprint density at radius 2 is 1.94 bits per heavy atom. The molecule has 0 heterocycles. The second kappa shape index (κ2) is 5.36. The number of anilines is 1. The van der Waals surface area contributed by atoms with E-state index >= 15 is 0 Å². The number of ether oxygens (including phenoxy) is 1. The zero-order valence-electron chi connectivity index (χ0n) is 10.2. The van der Waals surface area contributed by atoms with E-state index in [0.717, 1.165) is 11.4 Å². The molecule has 0 unspecified atom stereocenters. The first-order valence-corrected chi connectivity index (χ1v) is 6.38. The molecule has 0 amide bonds. The highest BCUT2D eigenvalue weighted by Crippen LogP contribution is 2.20. The Kier molecular flexibility index (Phi) is 3.84. The van der Waals surface area contributed by atoms with Crippen molar-refractivity contribution in [3.05, 3.63) is 24.3 Å². The molecule has 0 atom stereocenters. The molecule has 1 aromatic rings. The van der Waals surface area contributed by atoms with Crippen molar-refractivity contribution in [1.29, 1.82) is 0 Å². The fourth-order valence-corrected chi connectivity index (χ4v) is 1.75. The van der Waals surface area contributed by atoms with Crippen molar-refractivity contribution in [3.63, 3.8) is 0 Å². The zero-order valence-corrected chi connectivity index (χ0v) is 11.0. The summed E-state index contributed by atoms with van der Waals surface area (Å²) in [6.45, 7) is 4.03. The molecule has 0 saturated heterocycles. The minimum absolute atomic E-state index is 0.200. The Morgan fingerprint density at radius 3 is 2.47 bits per heavy atom. The van der Waals surface area contributed by atoms with Crippen molar-refractivity contribution in [2.24, 2.45) is 0 Å². The molecule has 1 aromatic carbocycles. The number of thiocarbonyl (C=S) groups is 1. The van der Waals surface area contributed by atoms with Crippen molar-refractivity contribution in [2.75, 3.05) is 5.32 Å². The first kappa shape index (κ1) is 12.2. The summed E-state index contributed by atoms with van der Waals surface area (Å²) in [6.07, 6.45) is 2.65. The highest BCUT2D eigenvalue weighted by molar-refractivity contribution is 7.80. The number of nitrogens with one attached hydrogen (secondary N) is 2. The van der Waals surface area contributed by atoms with Crippen LogP contribution in [0.1, 0.15) is 26.7 Å². The van der Waals surface area contributed by atoms with Gasteiger partial charge in [-0.1, -0.05) is 0 Å². The molecule has 3 nitrogen and oxygen atoms in total. The first-order valence-electron chi connectivity index (χ1n) is 5.98. The third-order valence-corrected chi connectivity index (χ3v) is 2.62. The van der Waals surface area contributed by atoms with Crippen LogP contribution in [-0.2, 0) is 0 Å². The molecule has 17 heavy (non-hydrogen) atoms. The van der Waals surface area contributed by atoms with Crippen LogP contribution in [0.5, 0.6) is 5.75 Å². The summed E-state index contributed by atoms with van der Waals surface area (Å²) in [5, 5.41) is 7.10. The van der Waals surface area contributed by atoms with Crippen molar-refractivity contribution in [2.45, 2.75) is 38.8 Å². The maximum Gasteiger partial charge on any atom is 0.170 e. The second-order valence-corrected chi connectivity index (χ2v) is 4.97. The molecule has 0 spiro atoms. The molecule has 1 aliphatic rings. The Balaban J connectivity index is 1.86. The summed E-state index contributed by atoms with van der Waals surface area (Å²) < 4.78 is 5.57. The van der Waals surface area contributed by atoms with Crippen LogP contribution in [-0.4, -0.2) is 17.3 Å². The predicted octanol–water partition coefficient (Wildman–Crippen LogP) is 2.92. The fraction of sp³-hybridized carbons (Fsp3) is 0.462. The van der Waals surface area contributed by atoms with E-state index in [0.29, 0.717) is 11.2 Å². The Labute approximate surface area is 108 Å². The maximum atomic E-state index is 5.57. The number of rotatable bonds is 4. The summed E-state index contributed by atoms with van der Waals surface area (Å²) in [7, 11) is 0. The van der Waals surface area contributed by atoms with E-state index in [1.807, 2.05) is 38.1 Å². The zero-order chi connectivity index (χ0) is 12.3. The van der Waals surface area contributed by atoms with Crippen LogP contribution >= 0.6 is 12.2 Å². The van der Waals surface area contributed by atoms with Crippen LogP contribution in [0.4, 0.5) is 5.69 Å². The average molecular weight is 250 g/mol. The lowest BCUT2D eigenvalue weighted by molar-refractivity contribution is 0.242. The van der Waals surface area contributed by atoms with Gasteiger partial charge in [0.25, 0.3) is 0 Å². The summed E-state index contributed by atoms with van der Waals surface area (Å²) in [5.74, 6) is 0.881. The molecular weight excluding hydrogens is 232 g/mol. The largest absolute Gasteiger partial charge is 0.491 e. The van der Waals surface area contributed by atoms with Gasteiger partial charge in [0.2, 0.25) is 0 Å². The van der Waals surface area contributed by atoms with E-state index in [2.05, 4.69) is 10.6 Å². The Hall–Kier alpha value is -1.29. The average Bonchev–Trinajstić information content (AvgIpc) is 3.04. The van der Waals surface area contributed by atoms with Gasteiger partial charge in [-0.3, -0.25) is 0 Å². The molecule has 92 valence electrons. The third-order valence-electron chi connectivity index (χ3n) is 2.40. The van der Waals surface area contributed by atoms with Gasteiger partial charge in [-0.2, -0.15) is 0 Å². The van der Waals surface area contributed by atoms with Crippen molar-refractivity contribution < 1.29 is 4.74 Å². The topological polar surface area (TPSA) is 33.3 Å². The smallest absolute Gasteiger partial charge is 0.170 e. The van der Waals surface area contributed by atoms with Crippen molar-refractivity contribution >= 4 is 23.0 Å². The molecule has 0 bridgehead atoms. The standard InChI is InChI=1S/C13H18N2OS/c1-9(2)16-12-7-5-11(6-8-12)15-13(17)14-10-3-4-10/h5-10H,3-4H2,1-2H3,(H2,14,15,17). The molecule has 4 heteroatoms. The summed E-state index contributed by atoms with van der Waals surface area (Å²) in [4.78, 5) is 0. The van der Waals surface area contributed by atoms with E-state index in [9.17, 15) is 0 Å². The highest BCUT2D eigenvalue weighted by Gasteiger charge is 2.21. The van der Waals surface area contributed by atoms with Crippen LogP contribution in [0.25, 0.3) is 0 Å². The lowest BCUT2D eigenvalue weighted by atomic mass is 10.3. The van der Waals surface area contributed by atoms with Gasteiger partial charge in [0.05, 0.1) is 6.10 Å². The molecule has 0 aromatic heterocycles. The normalized spacial score (nSPS) is 14.5. The van der Waals surface area contributed by atoms with Gasteiger partial charge in [-0.25, -0.2) is 0 Å². The quantitative estimate of drug-likeness (QED) is 0.805. The van der Waals surface area contributed by atoms with Crippen LogP contribution in [0, 0.1) is 0 Å². The minimum Gasteiger partial charge on any atom is -0.491 e. The maximum absolute atomic E-state index is 5.57. The van der Waals surface area contributed by atoms with Crippen molar-refractivity contribution in [3.8, 4) is 5.75 Å². The third kappa shape index (κ3) is 4.23. The van der Waals surface area contributed by atoms with Crippen LogP contribution in [0.2, 0.25) is 0 Å². The van der Waals surface area contributed by atoms with E-state index in [4.69, 9.17) is 17.0 Å². The van der Waals surface area contributed by atoms with E-state index in [-0.39, 0.29) is 6.10 Å². The molecule has 1 fully saturated rings. The van der Waals surface area contributed by atoms with Gasteiger partial charge in [-0.15, -0.1) is 0 Å². The lowest BCUT2D eigenvalue weighted by Gasteiger charge is -2.12. The highest BCUT2D eigenvalue weighted by atomic mass is 32.1. The molecule has 1 saturated carbocycles. The van der Waals surface area contributed by atoms with Crippen LogP contribution < -0.4 is 15.4 Å². The molecular formula is C13H18N2OS. The minimum atomic E-state index is 0.200. The van der Waals surface area contributed by atoms with Gasteiger partial charge in [0.1, 0.15) is 5.75 Å². The van der Waals surface area contributed by atoms with Crippen LogP contribution in [0.15, 0.2) is 24.3 Å². The number of hydrogen-bond acceptors (Lipinski definition) is 2. The Morgan fingerprint density at radius 1 is 1.29 bits per heavy atom. The first-order chi connectivity index (χ1) is 8.13. The summed E-state index contributed by atoms with van der Waals surface area (Å²) >= 11 is 5.20. The summed E-state index contributed by atoms with van der Waals surface area (Å²) in [5.41, 5.74) is 0.985. The molecule has 2 rings (SSSR count). The number of benzene rings is 1. The van der Waals surface area contributed by atoms with Gasteiger partial charge in [0.15, 0.2) is 5.11 Å². The fourth-order valence-electron chi connectivity index (χ4n) is 1.47. The van der Waals surface area contributed by atoms with Gasteiger partial charge >= 0.3 is 0 Å². The summed E-state index contributed by atoms with van der Waals surface area (Å²) in [6, 6.07) is 8.42.